The lowest BCUT2D eigenvalue weighted by Gasteiger charge is -2.23. The summed E-state index contributed by atoms with van der Waals surface area (Å²) in [5, 5.41) is 3.11. The first-order chi connectivity index (χ1) is 11.7. The maximum Gasteiger partial charge on any atom is 0.200 e. The Labute approximate surface area is 146 Å². The predicted octanol–water partition coefficient (Wildman–Crippen LogP) is 4.17. The minimum Gasteiger partial charge on any atom is -0.358 e. The number of aromatic nitrogens is 4. The number of imidazole rings is 1. The molecule has 0 spiro atoms. The predicted molar refractivity (Wildman–Crippen MR) is 91.5 cm³/mol. The normalized spacial score (nSPS) is 18.0. The molecule has 4 rings (SSSR count). The monoisotopic (exact) mass is 391 g/mol. The van der Waals surface area contributed by atoms with E-state index in [1.54, 1.807) is 18.5 Å². The quantitative estimate of drug-likeness (QED) is 0.678. The molecule has 1 atom stereocenters. The van der Waals surface area contributed by atoms with Crippen molar-refractivity contribution in [2.45, 2.75) is 25.5 Å². The fourth-order valence-corrected chi connectivity index (χ4v) is 3.18. The van der Waals surface area contributed by atoms with Crippen molar-refractivity contribution < 1.29 is 9.13 Å². The molecule has 2 aromatic heterocycles. The number of anilines is 2. The molecule has 124 valence electrons. The van der Waals surface area contributed by atoms with Crippen molar-refractivity contribution in [3.8, 4) is 0 Å². The molecule has 1 aliphatic rings. The summed E-state index contributed by atoms with van der Waals surface area (Å²) in [6.07, 6.45) is 4.78. The van der Waals surface area contributed by atoms with Crippen molar-refractivity contribution >= 4 is 38.6 Å². The molecule has 1 aromatic carbocycles. The fourth-order valence-electron chi connectivity index (χ4n) is 2.83. The van der Waals surface area contributed by atoms with Crippen molar-refractivity contribution in [1.29, 1.82) is 0 Å². The van der Waals surface area contributed by atoms with Crippen LogP contribution in [0.3, 0.4) is 0 Å². The van der Waals surface area contributed by atoms with Gasteiger partial charge in [0.2, 0.25) is 4.73 Å². The van der Waals surface area contributed by atoms with Gasteiger partial charge in [-0.3, -0.25) is 4.57 Å². The number of fused-ring (bicyclic) bond motifs is 1. The Hall–Kier alpha value is -2.06. The molecule has 0 bridgehead atoms. The first-order valence-electron chi connectivity index (χ1n) is 7.75. The van der Waals surface area contributed by atoms with Crippen molar-refractivity contribution in [3.63, 3.8) is 0 Å². The molecule has 3 aromatic rings. The molecule has 1 N–H and O–H groups in total. The van der Waals surface area contributed by atoms with Crippen molar-refractivity contribution in [1.82, 2.24) is 19.5 Å². The van der Waals surface area contributed by atoms with Crippen molar-refractivity contribution in [3.05, 3.63) is 41.1 Å². The van der Waals surface area contributed by atoms with Gasteiger partial charge < -0.3 is 10.1 Å². The molecule has 0 amide bonds. The van der Waals surface area contributed by atoms with E-state index in [1.807, 2.05) is 4.57 Å². The Morgan fingerprint density at radius 3 is 3.00 bits per heavy atom. The van der Waals surface area contributed by atoms with Crippen LogP contribution in [-0.2, 0) is 4.74 Å². The van der Waals surface area contributed by atoms with Gasteiger partial charge in [-0.15, -0.1) is 0 Å². The molecule has 0 radical (unpaired) electrons. The van der Waals surface area contributed by atoms with Crippen LogP contribution in [0.1, 0.15) is 25.5 Å². The summed E-state index contributed by atoms with van der Waals surface area (Å²) in [5.41, 5.74) is 1.91. The summed E-state index contributed by atoms with van der Waals surface area (Å²) in [6, 6.07) is 6.21. The van der Waals surface area contributed by atoms with Gasteiger partial charge in [0.25, 0.3) is 0 Å². The molecule has 1 aliphatic heterocycles. The molecule has 1 saturated heterocycles. The minimum absolute atomic E-state index is 0.0624. The Kier molecular flexibility index (Phi) is 4.15. The summed E-state index contributed by atoms with van der Waals surface area (Å²) < 4.78 is 21.6. The lowest BCUT2D eigenvalue weighted by Crippen LogP contribution is -2.17. The van der Waals surface area contributed by atoms with Gasteiger partial charge in [-0.2, -0.15) is 0 Å². The Morgan fingerprint density at radius 2 is 2.21 bits per heavy atom. The van der Waals surface area contributed by atoms with Crippen LogP contribution in [-0.4, -0.2) is 26.1 Å². The van der Waals surface area contributed by atoms with E-state index in [2.05, 4.69) is 36.2 Å². The van der Waals surface area contributed by atoms with Crippen LogP contribution in [0.25, 0.3) is 11.2 Å². The van der Waals surface area contributed by atoms with E-state index in [9.17, 15) is 4.39 Å². The Morgan fingerprint density at radius 1 is 1.29 bits per heavy atom. The molecule has 1 fully saturated rings. The number of hydrogen-bond donors (Lipinski definition) is 1. The highest BCUT2D eigenvalue weighted by atomic mass is 79.9. The molecule has 3 heterocycles. The van der Waals surface area contributed by atoms with E-state index in [4.69, 9.17) is 4.74 Å². The lowest BCUT2D eigenvalue weighted by molar-refractivity contribution is -0.0298. The highest BCUT2D eigenvalue weighted by molar-refractivity contribution is 9.10. The van der Waals surface area contributed by atoms with E-state index in [-0.39, 0.29) is 12.0 Å². The second-order valence-corrected chi connectivity index (χ2v) is 6.33. The zero-order valence-electron chi connectivity index (χ0n) is 12.7. The molecule has 6 nitrogen and oxygen atoms in total. The number of halogens is 2. The molecule has 24 heavy (non-hydrogen) atoms. The third kappa shape index (κ3) is 2.99. The van der Waals surface area contributed by atoms with Gasteiger partial charge in [-0.05, 0) is 53.4 Å². The Bertz CT molecular complexity index is 878. The highest BCUT2D eigenvalue weighted by Crippen LogP contribution is 2.29. The van der Waals surface area contributed by atoms with Crippen LogP contribution in [0.5, 0.6) is 0 Å². The minimum atomic E-state index is -0.314. The highest BCUT2D eigenvalue weighted by Gasteiger charge is 2.21. The van der Waals surface area contributed by atoms with Gasteiger partial charge in [-0.25, -0.2) is 19.3 Å². The average Bonchev–Trinajstić information content (AvgIpc) is 2.99. The van der Waals surface area contributed by atoms with Crippen LogP contribution in [0.2, 0.25) is 0 Å². The third-order valence-corrected chi connectivity index (χ3v) is 4.30. The van der Waals surface area contributed by atoms with E-state index in [1.165, 1.54) is 12.1 Å². The largest absolute Gasteiger partial charge is 0.358 e. The van der Waals surface area contributed by atoms with E-state index >= 15 is 0 Å². The van der Waals surface area contributed by atoms with Crippen LogP contribution in [0, 0.1) is 5.82 Å². The standard InChI is InChI=1S/C16H15BrFN5O/c17-16-21-14(20-11-5-3-4-10(18)8-11)13-15(22-16)23(9-19-13)12-6-1-2-7-24-12/h3-5,8-9,12H,1-2,6-7H2,(H,20,21,22). The van der Waals surface area contributed by atoms with E-state index < -0.39 is 0 Å². The van der Waals surface area contributed by atoms with Gasteiger partial charge in [0.1, 0.15) is 12.0 Å². The molecule has 0 saturated carbocycles. The van der Waals surface area contributed by atoms with Crippen LogP contribution in [0.15, 0.2) is 35.3 Å². The van der Waals surface area contributed by atoms with Crippen LogP contribution >= 0.6 is 15.9 Å². The first-order valence-corrected chi connectivity index (χ1v) is 8.54. The number of benzene rings is 1. The molecular formula is C16H15BrFN5O. The van der Waals surface area contributed by atoms with E-state index in [0.29, 0.717) is 27.4 Å². The van der Waals surface area contributed by atoms with E-state index in [0.717, 1.165) is 25.9 Å². The molecule has 8 heteroatoms. The maximum atomic E-state index is 13.4. The van der Waals surface area contributed by atoms with Gasteiger partial charge in [0.05, 0.1) is 6.33 Å². The number of hydrogen-bond acceptors (Lipinski definition) is 5. The van der Waals surface area contributed by atoms with Gasteiger partial charge in [-0.1, -0.05) is 6.07 Å². The summed E-state index contributed by atoms with van der Waals surface area (Å²) >= 11 is 3.34. The summed E-state index contributed by atoms with van der Waals surface area (Å²) in [6.45, 7) is 0.741. The average molecular weight is 392 g/mol. The number of nitrogens with zero attached hydrogens (tertiary/aromatic N) is 4. The number of nitrogens with one attached hydrogen (secondary N) is 1. The number of rotatable bonds is 3. The van der Waals surface area contributed by atoms with Crippen LogP contribution < -0.4 is 5.32 Å². The second kappa shape index (κ2) is 6.45. The Balaban J connectivity index is 1.74. The maximum absolute atomic E-state index is 13.4. The summed E-state index contributed by atoms with van der Waals surface area (Å²) in [4.78, 5) is 13.2. The topological polar surface area (TPSA) is 64.9 Å². The second-order valence-electron chi connectivity index (χ2n) is 5.62. The molecular weight excluding hydrogens is 377 g/mol. The third-order valence-electron chi connectivity index (χ3n) is 3.95. The van der Waals surface area contributed by atoms with Gasteiger partial charge in [0.15, 0.2) is 17.0 Å². The summed E-state index contributed by atoms with van der Waals surface area (Å²) in [7, 11) is 0. The van der Waals surface area contributed by atoms with Gasteiger partial charge >= 0.3 is 0 Å². The summed E-state index contributed by atoms with van der Waals surface area (Å²) in [5.74, 6) is 0.206. The SMILES string of the molecule is Fc1cccc(Nc2nc(Br)nc3c2ncn3C2CCCCO2)c1. The van der Waals surface area contributed by atoms with Crippen molar-refractivity contribution in [2.75, 3.05) is 11.9 Å². The zero-order valence-corrected chi connectivity index (χ0v) is 14.3. The van der Waals surface area contributed by atoms with Crippen molar-refractivity contribution in [2.24, 2.45) is 0 Å². The number of ether oxygens (including phenoxy) is 1. The first kappa shape index (κ1) is 15.5. The smallest absolute Gasteiger partial charge is 0.200 e. The van der Waals surface area contributed by atoms with Gasteiger partial charge in [0, 0.05) is 12.3 Å². The lowest BCUT2D eigenvalue weighted by atomic mass is 10.2. The molecule has 0 aliphatic carbocycles. The molecule has 1 unspecified atom stereocenters. The zero-order chi connectivity index (χ0) is 16.5. The fraction of sp³-hybridized carbons (Fsp3) is 0.312. The van der Waals surface area contributed by atoms with Crippen LogP contribution in [0.4, 0.5) is 15.9 Å².